The molecule has 0 aromatic rings. The molecule has 2 unspecified atom stereocenters. The van der Waals surface area contributed by atoms with Crippen molar-refractivity contribution in [2.75, 3.05) is 13.2 Å². The van der Waals surface area contributed by atoms with Gasteiger partial charge in [0.05, 0.1) is 0 Å². The molecular formula is C12H23NO. The normalized spacial score (nSPS) is 31.1. The SMILES string of the molecule is CC(CC1CC1)NC1CCCOCC1. The van der Waals surface area contributed by atoms with E-state index >= 15 is 0 Å². The molecule has 2 rings (SSSR count). The number of rotatable bonds is 4. The Bertz CT molecular complexity index is 160. The van der Waals surface area contributed by atoms with Crippen molar-refractivity contribution in [3.8, 4) is 0 Å². The van der Waals surface area contributed by atoms with E-state index in [1.54, 1.807) is 0 Å². The van der Waals surface area contributed by atoms with Gasteiger partial charge in [-0.2, -0.15) is 0 Å². The molecule has 0 radical (unpaired) electrons. The summed E-state index contributed by atoms with van der Waals surface area (Å²) in [4.78, 5) is 0. The van der Waals surface area contributed by atoms with Gasteiger partial charge in [0, 0.05) is 25.3 Å². The molecule has 82 valence electrons. The van der Waals surface area contributed by atoms with Crippen LogP contribution in [0.3, 0.4) is 0 Å². The first-order chi connectivity index (χ1) is 6.84. The molecule has 2 atom stereocenters. The highest BCUT2D eigenvalue weighted by atomic mass is 16.5. The summed E-state index contributed by atoms with van der Waals surface area (Å²) in [6.45, 7) is 4.26. The van der Waals surface area contributed by atoms with Crippen LogP contribution in [-0.4, -0.2) is 25.3 Å². The van der Waals surface area contributed by atoms with E-state index in [-0.39, 0.29) is 0 Å². The molecule has 14 heavy (non-hydrogen) atoms. The molecule has 0 amide bonds. The second kappa shape index (κ2) is 5.13. The van der Waals surface area contributed by atoms with Gasteiger partial charge >= 0.3 is 0 Å². The van der Waals surface area contributed by atoms with Gasteiger partial charge in [-0.05, 0) is 38.5 Å². The molecular weight excluding hydrogens is 174 g/mol. The summed E-state index contributed by atoms with van der Waals surface area (Å²) in [7, 11) is 0. The highest BCUT2D eigenvalue weighted by molar-refractivity contribution is 4.80. The molecule has 1 aliphatic carbocycles. The fourth-order valence-electron chi connectivity index (χ4n) is 2.39. The molecule has 0 aromatic heterocycles. The summed E-state index contributed by atoms with van der Waals surface area (Å²) in [6.07, 6.45) is 8.06. The van der Waals surface area contributed by atoms with Crippen LogP contribution in [0.5, 0.6) is 0 Å². The van der Waals surface area contributed by atoms with Gasteiger partial charge in [0.1, 0.15) is 0 Å². The minimum absolute atomic E-state index is 0.714. The molecule has 1 saturated carbocycles. The Kier molecular flexibility index (Phi) is 3.82. The first-order valence-electron chi connectivity index (χ1n) is 6.18. The third kappa shape index (κ3) is 3.58. The molecule has 1 aliphatic heterocycles. The Balaban J connectivity index is 1.65. The van der Waals surface area contributed by atoms with E-state index in [1.165, 1.54) is 38.5 Å². The second-order valence-corrected chi connectivity index (χ2v) is 4.99. The molecule has 1 N–H and O–H groups in total. The predicted octanol–water partition coefficient (Wildman–Crippen LogP) is 2.33. The van der Waals surface area contributed by atoms with E-state index in [0.717, 1.165) is 19.1 Å². The largest absolute Gasteiger partial charge is 0.381 e. The highest BCUT2D eigenvalue weighted by Gasteiger charge is 2.24. The number of hydrogen-bond donors (Lipinski definition) is 1. The maximum atomic E-state index is 5.46. The van der Waals surface area contributed by atoms with Crippen LogP contribution in [0, 0.1) is 5.92 Å². The summed E-state index contributed by atoms with van der Waals surface area (Å²) in [5, 5.41) is 3.75. The Morgan fingerprint density at radius 2 is 2.07 bits per heavy atom. The van der Waals surface area contributed by atoms with Crippen LogP contribution >= 0.6 is 0 Å². The molecule has 1 heterocycles. The zero-order valence-electron chi connectivity index (χ0n) is 9.30. The van der Waals surface area contributed by atoms with Crippen molar-refractivity contribution < 1.29 is 4.74 Å². The van der Waals surface area contributed by atoms with Crippen molar-refractivity contribution in [2.45, 2.75) is 57.5 Å². The lowest BCUT2D eigenvalue weighted by Gasteiger charge is -2.21. The van der Waals surface area contributed by atoms with Crippen LogP contribution in [-0.2, 0) is 4.74 Å². The van der Waals surface area contributed by atoms with E-state index in [2.05, 4.69) is 12.2 Å². The topological polar surface area (TPSA) is 21.3 Å². The molecule has 2 aliphatic rings. The fourth-order valence-corrected chi connectivity index (χ4v) is 2.39. The zero-order valence-corrected chi connectivity index (χ0v) is 9.30. The Hall–Kier alpha value is -0.0800. The van der Waals surface area contributed by atoms with Crippen LogP contribution in [0.4, 0.5) is 0 Å². The molecule has 0 aromatic carbocycles. The molecule has 2 nitrogen and oxygen atoms in total. The minimum Gasteiger partial charge on any atom is -0.381 e. The highest BCUT2D eigenvalue weighted by Crippen LogP contribution is 2.33. The quantitative estimate of drug-likeness (QED) is 0.747. The maximum absolute atomic E-state index is 5.46. The van der Waals surface area contributed by atoms with Crippen LogP contribution in [0.25, 0.3) is 0 Å². The van der Waals surface area contributed by atoms with Gasteiger partial charge in [-0.25, -0.2) is 0 Å². The molecule has 1 saturated heterocycles. The average Bonchev–Trinajstić information content (AvgIpc) is 2.93. The van der Waals surface area contributed by atoms with Gasteiger partial charge in [-0.3, -0.25) is 0 Å². The van der Waals surface area contributed by atoms with E-state index in [4.69, 9.17) is 4.74 Å². The lowest BCUT2D eigenvalue weighted by atomic mass is 10.1. The molecule has 2 heteroatoms. The fraction of sp³-hybridized carbons (Fsp3) is 1.00. The first-order valence-corrected chi connectivity index (χ1v) is 6.18. The van der Waals surface area contributed by atoms with Crippen LogP contribution < -0.4 is 5.32 Å². The van der Waals surface area contributed by atoms with Gasteiger partial charge in [-0.15, -0.1) is 0 Å². The summed E-state index contributed by atoms with van der Waals surface area (Å²) < 4.78 is 5.46. The second-order valence-electron chi connectivity index (χ2n) is 4.99. The van der Waals surface area contributed by atoms with Gasteiger partial charge in [0.2, 0.25) is 0 Å². The summed E-state index contributed by atoms with van der Waals surface area (Å²) in [5.74, 6) is 1.04. The lowest BCUT2D eigenvalue weighted by Crippen LogP contribution is -2.36. The molecule has 0 spiro atoms. The van der Waals surface area contributed by atoms with Gasteiger partial charge < -0.3 is 10.1 Å². The van der Waals surface area contributed by atoms with E-state index in [1.807, 2.05) is 0 Å². The Labute approximate surface area is 87.4 Å². The maximum Gasteiger partial charge on any atom is 0.0480 e. The predicted molar refractivity (Wildman–Crippen MR) is 58.4 cm³/mol. The lowest BCUT2D eigenvalue weighted by molar-refractivity contribution is 0.142. The summed E-state index contributed by atoms with van der Waals surface area (Å²) >= 11 is 0. The third-order valence-electron chi connectivity index (χ3n) is 3.36. The van der Waals surface area contributed by atoms with E-state index in [0.29, 0.717) is 12.1 Å². The van der Waals surface area contributed by atoms with Gasteiger partial charge in [0.25, 0.3) is 0 Å². The van der Waals surface area contributed by atoms with Crippen molar-refractivity contribution in [1.29, 1.82) is 0 Å². The molecule has 0 bridgehead atoms. The minimum atomic E-state index is 0.714. The van der Waals surface area contributed by atoms with Crippen LogP contribution in [0.1, 0.15) is 45.4 Å². The molecule has 2 fully saturated rings. The van der Waals surface area contributed by atoms with Crippen LogP contribution in [0.15, 0.2) is 0 Å². The van der Waals surface area contributed by atoms with Crippen molar-refractivity contribution in [1.82, 2.24) is 5.32 Å². The zero-order chi connectivity index (χ0) is 9.80. The smallest absolute Gasteiger partial charge is 0.0480 e. The number of nitrogens with one attached hydrogen (secondary N) is 1. The standard InChI is InChI=1S/C12H23NO/c1-10(9-11-4-5-11)13-12-3-2-7-14-8-6-12/h10-13H,2-9H2,1H3. The van der Waals surface area contributed by atoms with Crippen molar-refractivity contribution in [2.24, 2.45) is 5.92 Å². The summed E-state index contributed by atoms with van der Waals surface area (Å²) in [6, 6.07) is 1.43. The third-order valence-corrected chi connectivity index (χ3v) is 3.36. The van der Waals surface area contributed by atoms with Crippen molar-refractivity contribution in [3.05, 3.63) is 0 Å². The Morgan fingerprint density at radius 1 is 1.21 bits per heavy atom. The Morgan fingerprint density at radius 3 is 2.86 bits per heavy atom. The van der Waals surface area contributed by atoms with Gasteiger partial charge in [-0.1, -0.05) is 12.8 Å². The first kappa shape index (κ1) is 10.4. The van der Waals surface area contributed by atoms with Crippen molar-refractivity contribution in [3.63, 3.8) is 0 Å². The summed E-state index contributed by atoms with van der Waals surface area (Å²) in [5.41, 5.74) is 0. The number of ether oxygens (including phenoxy) is 1. The van der Waals surface area contributed by atoms with Crippen LogP contribution in [0.2, 0.25) is 0 Å². The average molecular weight is 197 g/mol. The van der Waals surface area contributed by atoms with E-state index in [9.17, 15) is 0 Å². The van der Waals surface area contributed by atoms with E-state index < -0.39 is 0 Å². The van der Waals surface area contributed by atoms with Crippen molar-refractivity contribution >= 4 is 0 Å². The van der Waals surface area contributed by atoms with Gasteiger partial charge in [0.15, 0.2) is 0 Å². The monoisotopic (exact) mass is 197 g/mol. The number of hydrogen-bond acceptors (Lipinski definition) is 2.